The number of hydrogen-bond donors (Lipinski definition) is 0. The van der Waals surface area contributed by atoms with E-state index in [0.717, 1.165) is 0 Å². The van der Waals surface area contributed by atoms with Gasteiger partial charge in [-0.05, 0) is 25.0 Å². The number of carbonyl (C=O) groups is 1. The second kappa shape index (κ2) is 8.60. The van der Waals surface area contributed by atoms with Crippen LogP contribution in [-0.2, 0) is 9.53 Å². The van der Waals surface area contributed by atoms with Gasteiger partial charge in [-0.3, -0.25) is 4.79 Å². The van der Waals surface area contributed by atoms with Crippen molar-refractivity contribution in [1.29, 1.82) is 0 Å². The van der Waals surface area contributed by atoms with Crippen molar-refractivity contribution in [3.8, 4) is 0 Å². The number of unbranched alkanes of at least 4 members (excludes halogenated alkanes) is 1. The molecule has 0 aliphatic carbocycles. The Hall–Kier alpha value is -0.530. The summed E-state index contributed by atoms with van der Waals surface area (Å²) in [6.45, 7) is 2.18. The molecule has 0 atom stereocenters. The Morgan fingerprint density at radius 3 is 2.32 bits per heavy atom. The van der Waals surface area contributed by atoms with Crippen molar-refractivity contribution < 1.29 is 31.5 Å². The third-order valence-electron chi connectivity index (χ3n) is 2.13. The molecule has 114 valence electrons. The molecule has 0 radical (unpaired) electrons. The van der Waals surface area contributed by atoms with Gasteiger partial charge in [-0.1, -0.05) is 6.92 Å². The second-order valence-corrected chi connectivity index (χ2v) is 5.04. The van der Waals surface area contributed by atoms with E-state index in [9.17, 15) is 26.7 Å². The van der Waals surface area contributed by atoms with Crippen LogP contribution in [0.25, 0.3) is 0 Å². The van der Waals surface area contributed by atoms with E-state index in [1.54, 1.807) is 0 Å². The zero-order valence-electron chi connectivity index (χ0n) is 10.6. The van der Waals surface area contributed by atoms with Gasteiger partial charge in [-0.15, -0.1) is 0 Å². The van der Waals surface area contributed by atoms with Crippen LogP contribution in [0.2, 0.25) is 0 Å². The van der Waals surface area contributed by atoms with Gasteiger partial charge in [0, 0.05) is 6.42 Å². The van der Waals surface area contributed by atoms with Crippen LogP contribution in [0.3, 0.4) is 0 Å². The minimum atomic E-state index is -5.48. The number of thioether (sulfide) groups is 1. The number of alkyl halides is 5. The van der Waals surface area contributed by atoms with Gasteiger partial charge in [0.2, 0.25) is 0 Å². The minimum Gasteiger partial charge on any atom is -0.465 e. The monoisotopic (exact) mass is 308 g/mol. The Morgan fingerprint density at radius 2 is 1.79 bits per heavy atom. The molecule has 0 heterocycles. The van der Waals surface area contributed by atoms with Gasteiger partial charge in [-0.25, -0.2) is 0 Å². The lowest BCUT2D eigenvalue weighted by Gasteiger charge is -2.19. The highest BCUT2D eigenvalue weighted by Crippen LogP contribution is 2.39. The van der Waals surface area contributed by atoms with E-state index in [-0.39, 0.29) is 18.6 Å². The minimum absolute atomic E-state index is 0.0929. The third kappa shape index (κ3) is 8.28. The van der Waals surface area contributed by atoms with Crippen molar-refractivity contribution in [2.24, 2.45) is 0 Å². The molecule has 19 heavy (non-hydrogen) atoms. The first-order chi connectivity index (χ1) is 8.70. The lowest BCUT2D eigenvalue weighted by atomic mass is 10.1. The van der Waals surface area contributed by atoms with Gasteiger partial charge in [-0.2, -0.15) is 33.7 Å². The van der Waals surface area contributed by atoms with Crippen LogP contribution in [0.5, 0.6) is 0 Å². The normalized spacial score (nSPS) is 12.5. The molecule has 0 amide bonds. The van der Waals surface area contributed by atoms with E-state index in [2.05, 4.69) is 0 Å². The fraction of sp³-hybridized carbons (Fsp3) is 0.909. The number of halogens is 5. The van der Waals surface area contributed by atoms with E-state index < -0.39 is 24.5 Å². The van der Waals surface area contributed by atoms with Gasteiger partial charge < -0.3 is 4.74 Å². The van der Waals surface area contributed by atoms with E-state index >= 15 is 0 Å². The summed E-state index contributed by atoms with van der Waals surface area (Å²) in [4.78, 5) is 11.0. The molecule has 0 saturated carbocycles. The van der Waals surface area contributed by atoms with Gasteiger partial charge >= 0.3 is 18.1 Å². The molecular weight excluding hydrogens is 291 g/mol. The number of ether oxygens (including phenoxy) is 1. The molecule has 0 bridgehead atoms. The number of carbonyl (C=O) groups excluding carboxylic acids is 1. The number of hydrogen-bond acceptors (Lipinski definition) is 3. The van der Waals surface area contributed by atoms with Gasteiger partial charge in [0.1, 0.15) is 0 Å². The van der Waals surface area contributed by atoms with Gasteiger partial charge in [0.25, 0.3) is 0 Å². The fourth-order valence-electron chi connectivity index (χ4n) is 1.11. The molecule has 0 rings (SSSR count). The summed E-state index contributed by atoms with van der Waals surface area (Å²) >= 11 is 1.17. The second-order valence-electron chi connectivity index (χ2n) is 3.93. The maximum absolute atomic E-state index is 12.5. The molecule has 0 aliphatic rings. The zero-order chi connectivity index (χ0) is 14.9. The molecule has 0 fully saturated rings. The Kier molecular flexibility index (Phi) is 8.36. The summed E-state index contributed by atoms with van der Waals surface area (Å²) in [7, 11) is 0. The molecule has 0 unspecified atom stereocenters. The van der Waals surface area contributed by atoms with Crippen molar-refractivity contribution in [3.63, 3.8) is 0 Å². The Labute approximate surface area is 113 Å². The Balaban J connectivity index is 3.58. The molecule has 0 aromatic rings. The number of rotatable bonds is 9. The lowest BCUT2D eigenvalue weighted by molar-refractivity contribution is -0.284. The van der Waals surface area contributed by atoms with Crippen LogP contribution < -0.4 is 0 Å². The highest BCUT2D eigenvalue weighted by atomic mass is 32.2. The molecule has 0 aromatic carbocycles. The summed E-state index contributed by atoms with van der Waals surface area (Å²) in [5, 5.41) is 0. The standard InChI is InChI=1S/C11H17F5O2S/c1-2-6-18-9(17)8-19-7-4-3-5-10(12,13)11(14,15)16/h2-8H2,1H3. The number of esters is 1. The summed E-state index contributed by atoms with van der Waals surface area (Å²) < 4.78 is 65.2. The summed E-state index contributed by atoms with van der Waals surface area (Å²) in [6, 6.07) is 0. The smallest absolute Gasteiger partial charge is 0.453 e. The largest absolute Gasteiger partial charge is 0.465 e. The maximum Gasteiger partial charge on any atom is 0.453 e. The van der Waals surface area contributed by atoms with Crippen LogP contribution >= 0.6 is 11.8 Å². The van der Waals surface area contributed by atoms with Crippen molar-refractivity contribution >= 4 is 17.7 Å². The van der Waals surface area contributed by atoms with Crippen LogP contribution in [0.4, 0.5) is 22.0 Å². The van der Waals surface area contributed by atoms with Crippen molar-refractivity contribution in [3.05, 3.63) is 0 Å². The summed E-state index contributed by atoms with van der Waals surface area (Å²) in [5.74, 6) is -4.57. The fourth-order valence-corrected chi connectivity index (χ4v) is 1.91. The zero-order valence-corrected chi connectivity index (χ0v) is 11.4. The van der Waals surface area contributed by atoms with Gasteiger partial charge in [0.05, 0.1) is 12.4 Å². The highest BCUT2D eigenvalue weighted by Gasteiger charge is 2.56. The summed E-state index contributed by atoms with van der Waals surface area (Å²) in [5.41, 5.74) is 0. The van der Waals surface area contributed by atoms with Gasteiger partial charge in [0.15, 0.2) is 0 Å². The SMILES string of the molecule is CCCOC(=O)CSCCCCC(F)(F)C(F)(F)F. The molecule has 2 nitrogen and oxygen atoms in total. The quantitative estimate of drug-likeness (QED) is 0.365. The predicted molar refractivity (Wildman–Crippen MR) is 63.4 cm³/mol. The van der Waals surface area contributed by atoms with Crippen LogP contribution in [0.1, 0.15) is 32.6 Å². The molecule has 0 spiro atoms. The van der Waals surface area contributed by atoms with E-state index in [1.165, 1.54) is 11.8 Å². The first kappa shape index (κ1) is 18.5. The average molecular weight is 308 g/mol. The molecule has 0 N–H and O–H groups in total. The molecule has 0 saturated heterocycles. The first-order valence-corrected chi connectivity index (χ1v) is 7.04. The summed E-state index contributed by atoms with van der Waals surface area (Å²) in [6.07, 6.45) is -6.01. The van der Waals surface area contributed by atoms with Crippen molar-refractivity contribution in [1.82, 2.24) is 0 Å². The van der Waals surface area contributed by atoms with Crippen LogP contribution in [-0.4, -0.2) is 36.2 Å². The highest BCUT2D eigenvalue weighted by molar-refractivity contribution is 7.99. The Morgan fingerprint density at radius 1 is 1.16 bits per heavy atom. The lowest BCUT2D eigenvalue weighted by Crippen LogP contribution is -2.36. The average Bonchev–Trinajstić information content (AvgIpc) is 2.29. The van der Waals surface area contributed by atoms with E-state index in [1.807, 2.05) is 6.92 Å². The molecule has 0 aliphatic heterocycles. The van der Waals surface area contributed by atoms with E-state index in [4.69, 9.17) is 4.74 Å². The van der Waals surface area contributed by atoms with E-state index in [0.29, 0.717) is 18.8 Å². The molecule has 8 heteroatoms. The molecule has 0 aromatic heterocycles. The molecular formula is C11H17F5O2S. The van der Waals surface area contributed by atoms with Crippen LogP contribution in [0, 0.1) is 0 Å². The van der Waals surface area contributed by atoms with Crippen molar-refractivity contribution in [2.45, 2.75) is 44.7 Å². The third-order valence-corrected chi connectivity index (χ3v) is 3.15. The van der Waals surface area contributed by atoms with Crippen molar-refractivity contribution in [2.75, 3.05) is 18.1 Å². The maximum atomic E-state index is 12.5. The van der Waals surface area contributed by atoms with Crippen LogP contribution in [0.15, 0.2) is 0 Å². The Bertz CT molecular complexity index is 268. The first-order valence-electron chi connectivity index (χ1n) is 5.88. The topological polar surface area (TPSA) is 26.3 Å². The predicted octanol–water partition coefficient (Wildman–Crippen LogP) is 4.04.